The SMILES string of the molecule is C[C@]1([C@@H](O)C(=O)Nc2ccc3c(N)noc3c2)OCCN(c2ccn(-c3ccncc3)n2)C1=O. The summed E-state index contributed by atoms with van der Waals surface area (Å²) < 4.78 is 12.3. The number of carbonyl (C=O) groups is 2. The van der Waals surface area contributed by atoms with Crippen molar-refractivity contribution in [2.75, 3.05) is 29.1 Å². The van der Waals surface area contributed by atoms with E-state index in [4.69, 9.17) is 15.0 Å². The van der Waals surface area contributed by atoms with Crippen LogP contribution in [0.5, 0.6) is 0 Å². The minimum atomic E-state index is -1.82. The number of benzene rings is 1. The largest absolute Gasteiger partial charge is 0.380 e. The topological polar surface area (TPSA) is 162 Å². The molecule has 1 aliphatic rings. The van der Waals surface area contributed by atoms with E-state index >= 15 is 0 Å². The molecule has 1 aromatic carbocycles. The van der Waals surface area contributed by atoms with Crippen LogP contribution in [-0.4, -0.2) is 61.7 Å². The number of morpholine rings is 1. The number of aliphatic hydroxyl groups is 1. The molecule has 0 bridgehead atoms. The normalized spacial score (nSPS) is 19.4. The monoisotopic (exact) mass is 463 g/mol. The molecule has 1 fully saturated rings. The smallest absolute Gasteiger partial charge is 0.263 e. The van der Waals surface area contributed by atoms with Crippen molar-refractivity contribution >= 4 is 40.1 Å². The zero-order chi connectivity index (χ0) is 23.9. The van der Waals surface area contributed by atoms with E-state index in [-0.39, 0.29) is 19.0 Å². The summed E-state index contributed by atoms with van der Waals surface area (Å²) in [5, 5.41) is 22.1. The number of aromatic nitrogens is 4. The first-order valence-electron chi connectivity index (χ1n) is 10.4. The van der Waals surface area contributed by atoms with Crippen LogP contribution >= 0.6 is 0 Å². The Morgan fingerprint density at radius 2 is 2.06 bits per heavy atom. The second-order valence-corrected chi connectivity index (χ2v) is 7.91. The number of nitrogens with zero attached hydrogens (tertiary/aromatic N) is 5. The third-order valence-electron chi connectivity index (χ3n) is 5.70. The number of rotatable bonds is 5. The number of nitrogen functional groups attached to an aromatic ring is 1. The lowest BCUT2D eigenvalue weighted by Gasteiger charge is -2.40. The average Bonchev–Trinajstić information content (AvgIpc) is 3.48. The highest BCUT2D eigenvalue weighted by atomic mass is 16.5. The minimum absolute atomic E-state index is 0.109. The molecular weight excluding hydrogens is 442 g/mol. The first-order chi connectivity index (χ1) is 16.4. The fourth-order valence-electron chi connectivity index (χ4n) is 3.79. The van der Waals surface area contributed by atoms with Crippen LogP contribution in [0, 0.1) is 0 Å². The second-order valence-electron chi connectivity index (χ2n) is 7.91. The van der Waals surface area contributed by atoms with Crippen molar-refractivity contribution in [3.05, 3.63) is 55.0 Å². The molecule has 12 heteroatoms. The predicted molar refractivity (Wildman–Crippen MR) is 121 cm³/mol. The third-order valence-corrected chi connectivity index (χ3v) is 5.70. The number of pyridine rings is 1. The van der Waals surface area contributed by atoms with Crippen molar-refractivity contribution in [2.24, 2.45) is 0 Å². The molecule has 0 aliphatic carbocycles. The first-order valence-corrected chi connectivity index (χ1v) is 10.4. The summed E-state index contributed by atoms with van der Waals surface area (Å²) >= 11 is 0. The Kier molecular flexibility index (Phi) is 5.23. The molecule has 4 N–H and O–H groups in total. The Labute approximate surface area is 192 Å². The lowest BCUT2D eigenvalue weighted by molar-refractivity contribution is -0.170. The molecule has 174 valence electrons. The number of hydrogen-bond acceptors (Lipinski definition) is 9. The summed E-state index contributed by atoms with van der Waals surface area (Å²) in [6.07, 6.45) is 3.19. The summed E-state index contributed by atoms with van der Waals surface area (Å²) in [5.41, 5.74) is 5.37. The van der Waals surface area contributed by atoms with Crippen molar-refractivity contribution in [3.8, 4) is 5.69 Å². The fraction of sp³-hybridized carbons (Fsp3) is 0.227. The highest BCUT2D eigenvalue weighted by molar-refractivity contribution is 6.06. The lowest BCUT2D eigenvalue weighted by Crippen LogP contribution is -2.63. The maximum Gasteiger partial charge on any atom is 0.263 e. The van der Waals surface area contributed by atoms with E-state index in [1.165, 1.54) is 17.9 Å². The van der Waals surface area contributed by atoms with Crippen molar-refractivity contribution < 1.29 is 24.0 Å². The van der Waals surface area contributed by atoms with Crippen LogP contribution in [0.4, 0.5) is 17.3 Å². The zero-order valence-electron chi connectivity index (χ0n) is 18.1. The number of amides is 2. The van der Waals surface area contributed by atoms with E-state index in [2.05, 4.69) is 20.6 Å². The molecule has 5 rings (SSSR count). The number of fused-ring (bicyclic) bond motifs is 1. The van der Waals surface area contributed by atoms with Crippen molar-refractivity contribution in [2.45, 2.75) is 18.6 Å². The lowest BCUT2D eigenvalue weighted by atomic mass is 9.94. The number of anilines is 3. The number of hydrogen-bond donors (Lipinski definition) is 3. The molecule has 1 aliphatic heterocycles. The summed E-state index contributed by atoms with van der Waals surface area (Å²) in [7, 11) is 0. The van der Waals surface area contributed by atoms with Crippen molar-refractivity contribution in [1.82, 2.24) is 19.9 Å². The van der Waals surface area contributed by atoms with Crippen LogP contribution in [0.2, 0.25) is 0 Å². The summed E-state index contributed by atoms with van der Waals surface area (Å²) in [4.78, 5) is 31.5. The van der Waals surface area contributed by atoms with Crippen LogP contribution in [0.15, 0.2) is 59.5 Å². The number of nitrogens with two attached hydrogens (primary N) is 1. The van der Waals surface area contributed by atoms with Gasteiger partial charge in [0, 0.05) is 36.4 Å². The number of carbonyl (C=O) groups excluding carboxylic acids is 2. The van der Waals surface area contributed by atoms with Gasteiger partial charge in [0.25, 0.3) is 11.8 Å². The van der Waals surface area contributed by atoms with Gasteiger partial charge >= 0.3 is 0 Å². The van der Waals surface area contributed by atoms with Crippen molar-refractivity contribution in [1.29, 1.82) is 0 Å². The molecule has 34 heavy (non-hydrogen) atoms. The van der Waals surface area contributed by atoms with Gasteiger partial charge in [0.05, 0.1) is 24.2 Å². The molecular formula is C22H21N7O5. The highest BCUT2D eigenvalue weighted by Gasteiger charge is 2.51. The van der Waals surface area contributed by atoms with E-state index in [9.17, 15) is 14.7 Å². The first kappa shape index (κ1) is 21.6. The predicted octanol–water partition coefficient (Wildman–Crippen LogP) is 1.11. The Hall–Kier alpha value is -4.29. The van der Waals surface area contributed by atoms with Gasteiger partial charge in [-0.25, -0.2) is 4.68 Å². The number of aliphatic hydroxyl groups excluding tert-OH is 1. The van der Waals surface area contributed by atoms with Gasteiger partial charge in [-0.2, -0.15) is 0 Å². The molecule has 0 saturated carbocycles. The van der Waals surface area contributed by atoms with Gasteiger partial charge in [0.1, 0.15) is 0 Å². The molecule has 2 amide bonds. The molecule has 0 spiro atoms. The standard InChI is InChI=1S/C22H21N7O5/c1-22(18(30)20(31)25-13-2-3-15-16(12-13)34-27-19(15)23)21(32)28(10-11-33-22)17-6-9-29(26-17)14-4-7-24-8-5-14/h2-9,12,18,30H,10-11H2,1H3,(H2,23,27)(H,25,31)/t18-,22+/m0/s1. The molecule has 1 saturated heterocycles. The summed E-state index contributed by atoms with van der Waals surface area (Å²) in [6, 6.07) is 9.97. The summed E-state index contributed by atoms with van der Waals surface area (Å²) in [5.74, 6) is -0.794. The minimum Gasteiger partial charge on any atom is -0.380 e. The maximum atomic E-state index is 13.3. The fourth-order valence-corrected chi connectivity index (χ4v) is 3.79. The van der Waals surface area contributed by atoms with Crippen LogP contribution in [0.1, 0.15) is 6.92 Å². The third kappa shape index (κ3) is 3.64. The quantitative estimate of drug-likeness (QED) is 0.394. The van der Waals surface area contributed by atoms with Gasteiger partial charge < -0.3 is 25.4 Å². The Bertz CT molecular complexity index is 1370. The van der Waals surface area contributed by atoms with Crippen LogP contribution < -0.4 is 16.0 Å². The van der Waals surface area contributed by atoms with Gasteiger partial charge in [0.2, 0.25) is 0 Å². The van der Waals surface area contributed by atoms with Gasteiger partial charge in [-0.05, 0) is 31.2 Å². The van der Waals surface area contributed by atoms with E-state index < -0.39 is 23.5 Å². The highest BCUT2D eigenvalue weighted by Crippen LogP contribution is 2.29. The molecule has 0 radical (unpaired) electrons. The van der Waals surface area contributed by atoms with E-state index in [1.807, 2.05) is 0 Å². The van der Waals surface area contributed by atoms with Crippen LogP contribution in [-0.2, 0) is 14.3 Å². The average molecular weight is 463 g/mol. The Morgan fingerprint density at radius 1 is 1.26 bits per heavy atom. The van der Waals surface area contributed by atoms with Crippen LogP contribution in [0.3, 0.4) is 0 Å². The molecule has 4 heterocycles. The van der Waals surface area contributed by atoms with Gasteiger partial charge in [0.15, 0.2) is 28.9 Å². The number of ether oxygens (including phenoxy) is 1. The number of nitrogens with one attached hydrogen (secondary N) is 1. The maximum absolute atomic E-state index is 13.3. The van der Waals surface area contributed by atoms with Gasteiger partial charge in [-0.15, -0.1) is 5.10 Å². The Morgan fingerprint density at radius 3 is 2.85 bits per heavy atom. The van der Waals surface area contributed by atoms with E-state index in [1.54, 1.807) is 53.6 Å². The zero-order valence-corrected chi connectivity index (χ0v) is 18.1. The Balaban J connectivity index is 1.34. The molecule has 0 unspecified atom stereocenters. The van der Waals surface area contributed by atoms with Gasteiger partial charge in [-0.1, -0.05) is 5.16 Å². The second kappa shape index (κ2) is 8.24. The van der Waals surface area contributed by atoms with Crippen LogP contribution in [0.25, 0.3) is 16.7 Å². The molecule has 4 aromatic rings. The summed E-state index contributed by atoms with van der Waals surface area (Å²) in [6.45, 7) is 1.71. The van der Waals surface area contributed by atoms with E-state index in [0.717, 1.165) is 5.69 Å². The molecule has 2 atom stereocenters. The van der Waals surface area contributed by atoms with Crippen molar-refractivity contribution in [3.63, 3.8) is 0 Å². The van der Waals surface area contributed by atoms with E-state index in [0.29, 0.717) is 22.5 Å². The molecule has 3 aromatic heterocycles. The van der Waals surface area contributed by atoms with Gasteiger partial charge in [-0.3, -0.25) is 19.5 Å². The molecule has 12 nitrogen and oxygen atoms in total.